The first kappa shape index (κ1) is 15.5. The Morgan fingerprint density at radius 3 is 2.44 bits per heavy atom. The highest BCUT2D eigenvalue weighted by atomic mass is 35.5. The number of nitrogens with one attached hydrogen (secondary N) is 1. The van der Waals surface area contributed by atoms with Crippen LogP contribution >= 0.6 is 11.6 Å². The molecule has 0 heterocycles. The Hall–Kier alpha value is -0.530. The summed E-state index contributed by atoms with van der Waals surface area (Å²) in [5.41, 5.74) is 1.27. The summed E-state index contributed by atoms with van der Waals surface area (Å²) in [6, 6.07) is 8.07. The summed E-state index contributed by atoms with van der Waals surface area (Å²) in [6.07, 6.45) is 9.57. The molecule has 0 aliphatic heterocycles. The number of rotatable bonds is 10. The standard InChI is InChI=1S/C16H26ClN/c1-2-3-4-5-6-7-8-12-18-14-15-10-9-11-16(17)13-15/h9-11,13,18H,2-8,12,14H2,1H3. The van der Waals surface area contributed by atoms with E-state index in [1.807, 2.05) is 18.2 Å². The van der Waals surface area contributed by atoms with Gasteiger partial charge in [0.25, 0.3) is 0 Å². The fraction of sp³-hybridized carbons (Fsp3) is 0.625. The molecular weight excluding hydrogens is 242 g/mol. The summed E-state index contributed by atoms with van der Waals surface area (Å²) in [7, 11) is 0. The van der Waals surface area contributed by atoms with Crippen LogP contribution in [0.3, 0.4) is 0 Å². The van der Waals surface area contributed by atoms with Gasteiger partial charge in [-0.2, -0.15) is 0 Å². The lowest BCUT2D eigenvalue weighted by atomic mass is 10.1. The Balaban J connectivity index is 1.92. The molecule has 0 radical (unpaired) electrons. The molecule has 0 amide bonds. The lowest BCUT2D eigenvalue weighted by Gasteiger charge is -2.05. The third kappa shape index (κ3) is 7.73. The van der Waals surface area contributed by atoms with Crippen molar-refractivity contribution in [3.05, 3.63) is 34.9 Å². The quantitative estimate of drug-likeness (QED) is 0.576. The van der Waals surface area contributed by atoms with Crippen molar-refractivity contribution in [2.75, 3.05) is 6.54 Å². The average molecular weight is 268 g/mol. The molecule has 1 nitrogen and oxygen atoms in total. The van der Waals surface area contributed by atoms with E-state index in [1.165, 1.54) is 50.5 Å². The second kappa shape index (κ2) is 10.4. The van der Waals surface area contributed by atoms with Crippen molar-refractivity contribution in [3.63, 3.8) is 0 Å². The maximum Gasteiger partial charge on any atom is 0.0409 e. The van der Waals surface area contributed by atoms with Crippen molar-refractivity contribution in [3.8, 4) is 0 Å². The summed E-state index contributed by atoms with van der Waals surface area (Å²) in [6.45, 7) is 4.30. The molecule has 0 saturated heterocycles. The van der Waals surface area contributed by atoms with Crippen LogP contribution in [0.1, 0.15) is 57.4 Å². The number of unbranched alkanes of at least 4 members (excludes halogenated alkanes) is 6. The second-order valence-corrected chi connectivity index (χ2v) is 5.36. The molecule has 1 aromatic carbocycles. The van der Waals surface area contributed by atoms with E-state index in [0.29, 0.717) is 0 Å². The molecule has 0 saturated carbocycles. The van der Waals surface area contributed by atoms with Gasteiger partial charge in [0.05, 0.1) is 0 Å². The highest BCUT2D eigenvalue weighted by molar-refractivity contribution is 6.30. The third-order valence-corrected chi connectivity index (χ3v) is 3.41. The predicted octanol–water partition coefficient (Wildman–Crippen LogP) is 5.18. The van der Waals surface area contributed by atoms with E-state index < -0.39 is 0 Å². The van der Waals surface area contributed by atoms with Gasteiger partial charge >= 0.3 is 0 Å². The third-order valence-electron chi connectivity index (χ3n) is 3.18. The lowest BCUT2D eigenvalue weighted by Crippen LogP contribution is -2.14. The molecule has 0 atom stereocenters. The van der Waals surface area contributed by atoms with E-state index >= 15 is 0 Å². The van der Waals surface area contributed by atoms with E-state index in [9.17, 15) is 0 Å². The minimum atomic E-state index is 0.824. The van der Waals surface area contributed by atoms with Crippen LogP contribution in [0.5, 0.6) is 0 Å². The molecule has 2 heteroatoms. The van der Waals surface area contributed by atoms with E-state index in [0.717, 1.165) is 18.1 Å². The van der Waals surface area contributed by atoms with E-state index in [2.05, 4.69) is 18.3 Å². The zero-order valence-corrected chi connectivity index (χ0v) is 12.3. The molecule has 1 N–H and O–H groups in total. The van der Waals surface area contributed by atoms with Gasteiger partial charge in [0.1, 0.15) is 0 Å². The summed E-state index contributed by atoms with van der Waals surface area (Å²) in [4.78, 5) is 0. The highest BCUT2D eigenvalue weighted by Crippen LogP contribution is 2.10. The second-order valence-electron chi connectivity index (χ2n) is 4.93. The molecule has 1 aromatic rings. The van der Waals surface area contributed by atoms with Crippen LogP contribution in [-0.2, 0) is 6.54 Å². The van der Waals surface area contributed by atoms with Crippen molar-refractivity contribution < 1.29 is 0 Å². The summed E-state index contributed by atoms with van der Waals surface area (Å²) in [5, 5.41) is 4.30. The Morgan fingerprint density at radius 1 is 1.00 bits per heavy atom. The molecule has 0 fully saturated rings. The number of hydrogen-bond donors (Lipinski definition) is 1. The summed E-state index contributed by atoms with van der Waals surface area (Å²) >= 11 is 5.94. The van der Waals surface area contributed by atoms with E-state index in [-0.39, 0.29) is 0 Å². The van der Waals surface area contributed by atoms with Crippen molar-refractivity contribution in [1.29, 1.82) is 0 Å². The minimum Gasteiger partial charge on any atom is -0.313 e. The molecule has 1 rings (SSSR count). The Labute approximate surface area is 117 Å². The molecule has 0 bridgehead atoms. The molecule has 0 aliphatic carbocycles. The smallest absolute Gasteiger partial charge is 0.0409 e. The zero-order chi connectivity index (χ0) is 13.1. The Bertz CT molecular complexity index is 312. The molecule has 0 aromatic heterocycles. The van der Waals surface area contributed by atoms with Crippen molar-refractivity contribution in [2.24, 2.45) is 0 Å². The monoisotopic (exact) mass is 267 g/mol. The van der Waals surface area contributed by atoms with Crippen LogP contribution in [0.4, 0.5) is 0 Å². The van der Waals surface area contributed by atoms with Crippen molar-refractivity contribution in [2.45, 2.75) is 58.4 Å². The van der Waals surface area contributed by atoms with Crippen LogP contribution in [0.15, 0.2) is 24.3 Å². The zero-order valence-electron chi connectivity index (χ0n) is 11.6. The van der Waals surface area contributed by atoms with Crippen molar-refractivity contribution >= 4 is 11.6 Å². The van der Waals surface area contributed by atoms with Crippen molar-refractivity contribution in [1.82, 2.24) is 5.32 Å². The lowest BCUT2D eigenvalue weighted by molar-refractivity contribution is 0.562. The van der Waals surface area contributed by atoms with Gasteiger partial charge in [0.2, 0.25) is 0 Å². The maximum atomic E-state index is 5.94. The number of halogens is 1. The van der Waals surface area contributed by atoms with Crippen LogP contribution in [-0.4, -0.2) is 6.54 Å². The van der Waals surface area contributed by atoms with Gasteiger partial charge in [0, 0.05) is 11.6 Å². The van der Waals surface area contributed by atoms with Gasteiger partial charge in [-0.25, -0.2) is 0 Å². The SMILES string of the molecule is CCCCCCCCCNCc1cccc(Cl)c1. The van der Waals surface area contributed by atoms with Gasteiger partial charge in [-0.3, -0.25) is 0 Å². The largest absolute Gasteiger partial charge is 0.313 e. The van der Waals surface area contributed by atoms with Gasteiger partial charge in [-0.05, 0) is 30.7 Å². The predicted molar refractivity (Wildman–Crippen MR) is 81.2 cm³/mol. The minimum absolute atomic E-state index is 0.824. The molecule has 0 unspecified atom stereocenters. The Kier molecular flexibility index (Phi) is 8.97. The first-order valence-corrected chi connectivity index (χ1v) is 7.66. The summed E-state index contributed by atoms with van der Waals surface area (Å²) < 4.78 is 0. The average Bonchev–Trinajstić information content (AvgIpc) is 2.37. The maximum absolute atomic E-state index is 5.94. The molecule has 0 spiro atoms. The molecule has 18 heavy (non-hydrogen) atoms. The number of benzene rings is 1. The molecule has 0 aliphatic rings. The van der Waals surface area contributed by atoms with E-state index in [4.69, 9.17) is 11.6 Å². The van der Waals surface area contributed by atoms with E-state index in [1.54, 1.807) is 0 Å². The van der Waals surface area contributed by atoms with Crippen LogP contribution in [0, 0.1) is 0 Å². The fourth-order valence-electron chi connectivity index (χ4n) is 2.09. The highest BCUT2D eigenvalue weighted by Gasteiger charge is 1.94. The van der Waals surface area contributed by atoms with Crippen LogP contribution in [0.2, 0.25) is 5.02 Å². The topological polar surface area (TPSA) is 12.0 Å². The number of hydrogen-bond acceptors (Lipinski definition) is 1. The van der Waals surface area contributed by atoms with Gasteiger partial charge in [0.15, 0.2) is 0 Å². The van der Waals surface area contributed by atoms with Crippen LogP contribution in [0.25, 0.3) is 0 Å². The first-order chi connectivity index (χ1) is 8.83. The van der Waals surface area contributed by atoms with Gasteiger partial charge in [-0.15, -0.1) is 0 Å². The summed E-state index contributed by atoms with van der Waals surface area (Å²) in [5.74, 6) is 0. The first-order valence-electron chi connectivity index (χ1n) is 7.28. The Morgan fingerprint density at radius 2 is 1.72 bits per heavy atom. The van der Waals surface area contributed by atoms with Crippen LogP contribution < -0.4 is 5.32 Å². The van der Waals surface area contributed by atoms with Gasteiger partial charge < -0.3 is 5.32 Å². The van der Waals surface area contributed by atoms with Gasteiger partial charge in [-0.1, -0.05) is 69.2 Å². The fourth-order valence-corrected chi connectivity index (χ4v) is 2.30. The molecule has 102 valence electrons. The normalized spacial score (nSPS) is 10.8. The molecular formula is C16H26ClN.